The standard InChI is InChI=1S/C17H26N2O3/c1-3-8-17(2,12-20)19-16(21)18-9-6-13-4-5-15-14(11-13)7-10-22-15/h4-5,11,20H,3,6-10,12H2,1-2H3,(H2,18,19,21). The molecule has 1 heterocycles. The number of aliphatic hydroxyl groups is 1. The molecule has 0 spiro atoms. The van der Waals surface area contributed by atoms with E-state index in [1.807, 2.05) is 26.0 Å². The maximum Gasteiger partial charge on any atom is 0.315 e. The van der Waals surface area contributed by atoms with Gasteiger partial charge in [0.25, 0.3) is 0 Å². The summed E-state index contributed by atoms with van der Waals surface area (Å²) in [5.41, 5.74) is 1.89. The molecule has 0 fully saturated rings. The zero-order valence-electron chi connectivity index (χ0n) is 13.4. The van der Waals surface area contributed by atoms with Crippen LogP contribution in [0.1, 0.15) is 37.8 Å². The lowest BCUT2D eigenvalue weighted by molar-refractivity contribution is 0.163. The van der Waals surface area contributed by atoms with Crippen LogP contribution >= 0.6 is 0 Å². The van der Waals surface area contributed by atoms with E-state index >= 15 is 0 Å². The van der Waals surface area contributed by atoms with Crippen molar-refractivity contribution in [3.8, 4) is 5.75 Å². The van der Waals surface area contributed by atoms with Crippen LogP contribution < -0.4 is 15.4 Å². The van der Waals surface area contributed by atoms with Gasteiger partial charge >= 0.3 is 6.03 Å². The Morgan fingerprint density at radius 1 is 1.45 bits per heavy atom. The number of urea groups is 1. The second kappa shape index (κ2) is 7.49. The molecule has 2 rings (SSSR count). The Balaban J connectivity index is 1.77. The van der Waals surface area contributed by atoms with Crippen LogP contribution in [0.3, 0.4) is 0 Å². The number of ether oxygens (including phenoxy) is 1. The summed E-state index contributed by atoms with van der Waals surface area (Å²) >= 11 is 0. The summed E-state index contributed by atoms with van der Waals surface area (Å²) in [6, 6.07) is 5.96. The molecule has 1 atom stereocenters. The molecule has 122 valence electrons. The summed E-state index contributed by atoms with van der Waals surface area (Å²) < 4.78 is 5.48. The second-order valence-corrected chi connectivity index (χ2v) is 6.14. The van der Waals surface area contributed by atoms with Gasteiger partial charge in [0.1, 0.15) is 5.75 Å². The van der Waals surface area contributed by atoms with Crippen molar-refractivity contribution in [1.82, 2.24) is 10.6 Å². The van der Waals surface area contributed by atoms with E-state index in [9.17, 15) is 9.90 Å². The van der Waals surface area contributed by atoms with Gasteiger partial charge in [0.2, 0.25) is 0 Å². The predicted octanol–water partition coefficient (Wildman–Crippen LogP) is 2.01. The molecule has 0 aliphatic carbocycles. The van der Waals surface area contributed by atoms with Crippen LogP contribution in [0.4, 0.5) is 4.79 Å². The molecule has 0 radical (unpaired) electrons. The lowest BCUT2D eigenvalue weighted by Gasteiger charge is -2.28. The summed E-state index contributed by atoms with van der Waals surface area (Å²) in [7, 11) is 0. The Labute approximate surface area is 132 Å². The van der Waals surface area contributed by atoms with Gasteiger partial charge in [-0.25, -0.2) is 4.79 Å². The number of benzene rings is 1. The maximum absolute atomic E-state index is 11.9. The first kappa shape index (κ1) is 16.6. The van der Waals surface area contributed by atoms with Gasteiger partial charge in [-0.1, -0.05) is 25.5 Å². The number of nitrogens with one attached hydrogen (secondary N) is 2. The Morgan fingerprint density at radius 3 is 3.00 bits per heavy atom. The van der Waals surface area contributed by atoms with Crippen molar-refractivity contribution in [3.05, 3.63) is 29.3 Å². The zero-order valence-corrected chi connectivity index (χ0v) is 13.4. The fourth-order valence-corrected chi connectivity index (χ4v) is 2.77. The molecular formula is C17H26N2O3. The van der Waals surface area contributed by atoms with E-state index < -0.39 is 5.54 Å². The van der Waals surface area contributed by atoms with Gasteiger partial charge in [-0.2, -0.15) is 0 Å². The summed E-state index contributed by atoms with van der Waals surface area (Å²) in [5.74, 6) is 0.979. The fraction of sp³-hybridized carbons (Fsp3) is 0.588. The molecule has 1 aliphatic rings. The molecule has 0 saturated carbocycles. The van der Waals surface area contributed by atoms with Crippen LogP contribution in [0.2, 0.25) is 0 Å². The molecule has 5 heteroatoms. The van der Waals surface area contributed by atoms with Crippen molar-refractivity contribution >= 4 is 6.03 Å². The van der Waals surface area contributed by atoms with Crippen molar-refractivity contribution in [2.75, 3.05) is 19.8 Å². The minimum absolute atomic E-state index is 0.0565. The number of amides is 2. The van der Waals surface area contributed by atoms with Gasteiger partial charge in [0, 0.05) is 13.0 Å². The summed E-state index contributed by atoms with van der Waals surface area (Å²) in [4.78, 5) is 11.9. The Kier molecular flexibility index (Phi) is 5.66. The summed E-state index contributed by atoms with van der Waals surface area (Å²) in [5, 5.41) is 15.1. The third-order valence-electron chi connectivity index (χ3n) is 4.02. The molecule has 5 nitrogen and oxygen atoms in total. The van der Waals surface area contributed by atoms with Gasteiger partial charge < -0.3 is 20.5 Å². The van der Waals surface area contributed by atoms with Crippen molar-refractivity contribution in [2.24, 2.45) is 0 Å². The maximum atomic E-state index is 11.9. The molecule has 1 aliphatic heterocycles. The highest BCUT2D eigenvalue weighted by Gasteiger charge is 2.24. The first-order valence-electron chi connectivity index (χ1n) is 7.98. The normalized spacial score (nSPS) is 15.6. The molecule has 0 aromatic heterocycles. The van der Waals surface area contributed by atoms with E-state index in [0.717, 1.165) is 38.0 Å². The minimum Gasteiger partial charge on any atom is -0.493 e. The zero-order chi connectivity index (χ0) is 16.0. The van der Waals surface area contributed by atoms with E-state index in [0.29, 0.717) is 6.54 Å². The van der Waals surface area contributed by atoms with E-state index in [1.54, 1.807) is 0 Å². The molecular weight excluding hydrogens is 280 g/mol. The number of carbonyl (C=O) groups is 1. The van der Waals surface area contributed by atoms with Crippen LogP contribution in [0, 0.1) is 0 Å². The third kappa shape index (κ3) is 4.37. The Morgan fingerprint density at radius 2 is 2.27 bits per heavy atom. The monoisotopic (exact) mass is 306 g/mol. The van der Waals surface area contributed by atoms with E-state index in [4.69, 9.17) is 4.74 Å². The van der Waals surface area contributed by atoms with E-state index in [-0.39, 0.29) is 12.6 Å². The van der Waals surface area contributed by atoms with Crippen LogP contribution in [-0.2, 0) is 12.8 Å². The topological polar surface area (TPSA) is 70.6 Å². The first-order chi connectivity index (χ1) is 10.6. The van der Waals surface area contributed by atoms with Gasteiger partial charge in [-0.05, 0) is 37.0 Å². The number of hydrogen-bond acceptors (Lipinski definition) is 3. The van der Waals surface area contributed by atoms with Crippen LogP contribution in [0.15, 0.2) is 18.2 Å². The molecule has 2 amide bonds. The lowest BCUT2D eigenvalue weighted by Crippen LogP contribution is -2.52. The van der Waals surface area contributed by atoms with E-state index in [2.05, 4.69) is 16.7 Å². The molecule has 1 aromatic carbocycles. The number of rotatable bonds is 7. The second-order valence-electron chi connectivity index (χ2n) is 6.14. The lowest BCUT2D eigenvalue weighted by atomic mass is 9.98. The van der Waals surface area contributed by atoms with Crippen molar-refractivity contribution in [1.29, 1.82) is 0 Å². The van der Waals surface area contributed by atoms with Crippen LogP contribution in [-0.4, -0.2) is 36.4 Å². The van der Waals surface area contributed by atoms with Gasteiger partial charge in [0.15, 0.2) is 0 Å². The van der Waals surface area contributed by atoms with Gasteiger partial charge in [0.05, 0.1) is 18.8 Å². The smallest absolute Gasteiger partial charge is 0.315 e. The summed E-state index contributed by atoms with van der Waals surface area (Å²) in [6.45, 7) is 5.16. The Hall–Kier alpha value is -1.75. The van der Waals surface area contributed by atoms with Crippen molar-refractivity contribution < 1.29 is 14.6 Å². The third-order valence-corrected chi connectivity index (χ3v) is 4.02. The minimum atomic E-state index is -0.552. The largest absolute Gasteiger partial charge is 0.493 e. The number of aliphatic hydroxyl groups excluding tert-OH is 1. The molecule has 0 saturated heterocycles. The Bertz CT molecular complexity index is 519. The van der Waals surface area contributed by atoms with Crippen LogP contribution in [0.25, 0.3) is 0 Å². The highest BCUT2D eigenvalue weighted by Crippen LogP contribution is 2.25. The summed E-state index contributed by atoms with van der Waals surface area (Å²) in [6.07, 6.45) is 3.41. The fourth-order valence-electron chi connectivity index (χ4n) is 2.77. The van der Waals surface area contributed by atoms with Gasteiger partial charge in [-0.3, -0.25) is 0 Å². The first-order valence-corrected chi connectivity index (χ1v) is 7.98. The highest BCUT2D eigenvalue weighted by molar-refractivity contribution is 5.74. The number of carbonyl (C=O) groups excluding carboxylic acids is 1. The molecule has 0 bridgehead atoms. The van der Waals surface area contributed by atoms with Crippen molar-refractivity contribution in [2.45, 2.75) is 45.1 Å². The highest BCUT2D eigenvalue weighted by atomic mass is 16.5. The average molecular weight is 306 g/mol. The average Bonchev–Trinajstić information content (AvgIpc) is 2.95. The number of fused-ring (bicyclic) bond motifs is 1. The van der Waals surface area contributed by atoms with Crippen molar-refractivity contribution in [3.63, 3.8) is 0 Å². The van der Waals surface area contributed by atoms with Gasteiger partial charge in [-0.15, -0.1) is 0 Å². The predicted molar refractivity (Wildman–Crippen MR) is 86.3 cm³/mol. The van der Waals surface area contributed by atoms with Crippen LogP contribution in [0.5, 0.6) is 5.75 Å². The SMILES string of the molecule is CCCC(C)(CO)NC(=O)NCCc1ccc2c(c1)CCO2. The molecule has 3 N–H and O–H groups in total. The molecule has 22 heavy (non-hydrogen) atoms. The quantitative estimate of drug-likeness (QED) is 0.722. The molecule has 1 aromatic rings. The van der Waals surface area contributed by atoms with E-state index in [1.165, 1.54) is 11.1 Å². The molecule has 1 unspecified atom stereocenters. The number of hydrogen-bond donors (Lipinski definition) is 3.